The molecule has 0 aromatic heterocycles. The minimum Gasteiger partial charge on any atom is -0.469 e. The zero-order valence-electron chi connectivity index (χ0n) is 14.2. The van der Waals surface area contributed by atoms with Crippen molar-refractivity contribution in [1.29, 1.82) is 0 Å². The van der Waals surface area contributed by atoms with E-state index in [0.29, 0.717) is 5.92 Å². The normalized spacial score (nSPS) is 17.7. The van der Waals surface area contributed by atoms with Crippen molar-refractivity contribution >= 4 is 14.3 Å². The molecule has 0 heterocycles. The summed E-state index contributed by atoms with van der Waals surface area (Å²) in [7, 11) is -0.433. The number of methoxy groups -OCH3 is 1. The zero-order valence-corrected chi connectivity index (χ0v) is 15.2. The predicted molar refractivity (Wildman–Crippen MR) is 82.7 cm³/mol. The van der Waals surface area contributed by atoms with E-state index in [4.69, 9.17) is 9.16 Å². The monoisotopic (exact) mass is 288 g/mol. The molecule has 0 spiro atoms. The van der Waals surface area contributed by atoms with Gasteiger partial charge in [0.15, 0.2) is 8.32 Å². The first-order valence-electron chi connectivity index (χ1n) is 7.23. The fourth-order valence-corrected chi connectivity index (χ4v) is 3.25. The lowest BCUT2D eigenvalue weighted by atomic mass is 9.92. The summed E-state index contributed by atoms with van der Waals surface area (Å²) < 4.78 is 11.4. The van der Waals surface area contributed by atoms with Crippen LogP contribution in [0.4, 0.5) is 0 Å². The van der Waals surface area contributed by atoms with Crippen LogP contribution in [0, 0.1) is 11.8 Å². The average molecular weight is 289 g/mol. The third-order valence-corrected chi connectivity index (χ3v) is 8.98. The van der Waals surface area contributed by atoms with Crippen LogP contribution in [0.3, 0.4) is 0 Å². The molecule has 0 rings (SSSR count). The molecule has 0 aliphatic carbocycles. The fourth-order valence-electron chi connectivity index (χ4n) is 1.78. The van der Waals surface area contributed by atoms with Gasteiger partial charge in [-0.3, -0.25) is 4.79 Å². The summed E-state index contributed by atoms with van der Waals surface area (Å²) in [6.07, 6.45) is 0.944. The summed E-state index contributed by atoms with van der Waals surface area (Å²) in [5.74, 6) is -0.0405. The van der Waals surface area contributed by atoms with Crippen molar-refractivity contribution in [2.24, 2.45) is 11.8 Å². The lowest BCUT2D eigenvalue weighted by Crippen LogP contribution is -2.48. The highest BCUT2D eigenvalue weighted by molar-refractivity contribution is 6.74. The first-order chi connectivity index (χ1) is 8.47. The summed E-state index contributed by atoms with van der Waals surface area (Å²) >= 11 is 0. The van der Waals surface area contributed by atoms with Gasteiger partial charge in [0.2, 0.25) is 0 Å². The molecule has 0 N–H and O–H groups in total. The Balaban J connectivity index is 5.14. The summed E-state index contributed by atoms with van der Waals surface area (Å²) in [6.45, 7) is 17.3. The zero-order chi connectivity index (χ0) is 15.4. The highest BCUT2D eigenvalue weighted by Crippen LogP contribution is 2.39. The first-order valence-corrected chi connectivity index (χ1v) is 10.1. The van der Waals surface area contributed by atoms with E-state index in [9.17, 15) is 4.79 Å². The maximum Gasteiger partial charge on any atom is 0.310 e. The van der Waals surface area contributed by atoms with Crippen molar-refractivity contribution in [2.45, 2.75) is 72.2 Å². The van der Waals surface area contributed by atoms with Crippen LogP contribution in [-0.2, 0) is 14.0 Å². The largest absolute Gasteiger partial charge is 0.469 e. The number of hydrogen-bond donors (Lipinski definition) is 0. The number of carbonyl (C=O) groups is 1. The van der Waals surface area contributed by atoms with Crippen molar-refractivity contribution in [2.75, 3.05) is 7.11 Å². The van der Waals surface area contributed by atoms with Gasteiger partial charge in [0.05, 0.1) is 19.1 Å². The fraction of sp³-hybridized carbons (Fsp3) is 0.933. The Labute approximate surface area is 120 Å². The molecule has 0 radical (unpaired) electrons. The lowest BCUT2D eigenvalue weighted by molar-refractivity contribution is -0.149. The van der Waals surface area contributed by atoms with Gasteiger partial charge >= 0.3 is 5.97 Å². The van der Waals surface area contributed by atoms with Crippen molar-refractivity contribution in [3.05, 3.63) is 0 Å². The van der Waals surface area contributed by atoms with Crippen molar-refractivity contribution in [3.8, 4) is 0 Å². The van der Waals surface area contributed by atoms with E-state index in [1.54, 1.807) is 0 Å². The molecule has 19 heavy (non-hydrogen) atoms. The van der Waals surface area contributed by atoms with Gasteiger partial charge in [-0.25, -0.2) is 0 Å². The molecule has 0 aromatic carbocycles. The van der Waals surface area contributed by atoms with Crippen LogP contribution in [0.25, 0.3) is 0 Å². The van der Waals surface area contributed by atoms with Crippen LogP contribution in [0.2, 0.25) is 18.1 Å². The molecule has 4 heteroatoms. The second-order valence-electron chi connectivity index (χ2n) is 7.04. The third-order valence-electron chi connectivity index (χ3n) is 4.51. The van der Waals surface area contributed by atoms with Gasteiger partial charge in [0.25, 0.3) is 0 Å². The van der Waals surface area contributed by atoms with Gasteiger partial charge in [-0.05, 0) is 31.0 Å². The molecular weight excluding hydrogens is 256 g/mol. The Bertz CT molecular complexity index is 294. The Morgan fingerprint density at radius 3 is 2.00 bits per heavy atom. The number of esters is 1. The van der Waals surface area contributed by atoms with Crippen LogP contribution in [0.15, 0.2) is 0 Å². The molecule has 0 aliphatic heterocycles. The Morgan fingerprint density at radius 1 is 1.21 bits per heavy atom. The smallest absolute Gasteiger partial charge is 0.310 e. The van der Waals surface area contributed by atoms with Crippen molar-refractivity contribution in [1.82, 2.24) is 0 Å². The van der Waals surface area contributed by atoms with E-state index in [1.165, 1.54) is 7.11 Å². The second-order valence-corrected chi connectivity index (χ2v) is 11.8. The Kier molecular flexibility index (Phi) is 6.76. The minimum atomic E-state index is -1.88. The molecular formula is C15H32O3Si. The first kappa shape index (κ1) is 18.6. The number of carbonyl (C=O) groups excluding carboxylic acids is 1. The standard InChI is InChI=1S/C15H32O3Si/c1-10-11(2)13(12(3)14(16)17-7)18-19(8,9)15(4,5)6/h11-13H,10H2,1-9H3/t11-,12-,13-/m0/s1. The molecule has 0 bridgehead atoms. The number of rotatable bonds is 6. The summed E-state index contributed by atoms with van der Waals surface area (Å²) in [6, 6.07) is 0. The van der Waals surface area contributed by atoms with Crippen molar-refractivity contribution in [3.63, 3.8) is 0 Å². The summed E-state index contributed by atoms with van der Waals surface area (Å²) in [5.41, 5.74) is 0. The minimum absolute atomic E-state index is 0.0571. The third kappa shape index (κ3) is 4.92. The van der Waals surface area contributed by atoms with E-state index in [-0.39, 0.29) is 23.0 Å². The SMILES string of the molecule is CC[C@H](C)[C@H](O[Si](C)(C)C(C)(C)C)[C@H](C)C(=O)OC. The van der Waals surface area contributed by atoms with Gasteiger partial charge in [-0.1, -0.05) is 41.0 Å². The van der Waals surface area contributed by atoms with Gasteiger partial charge in [-0.15, -0.1) is 0 Å². The molecule has 3 nitrogen and oxygen atoms in total. The van der Waals surface area contributed by atoms with Gasteiger partial charge in [-0.2, -0.15) is 0 Å². The molecule has 0 amide bonds. The van der Waals surface area contributed by atoms with Crippen LogP contribution < -0.4 is 0 Å². The summed E-state index contributed by atoms with van der Waals surface area (Å²) in [4.78, 5) is 11.8. The number of ether oxygens (including phenoxy) is 1. The molecule has 0 saturated carbocycles. The van der Waals surface area contributed by atoms with E-state index >= 15 is 0 Å². The molecule has 3 atom stereocenters. The van der Waals surface area contributed by atoms with Crippen LogP contribution >= 0.6 is 0 Å². The molecule has 0 fully saturated rings. The number of hydrogen-bond acceptors (Lipinski definition) is 3. The quantitative estimate of drug-likeness (QED) is 0.542. The van der Waals surface area contributed by atoms with E-state index in [1.807, 2.05) is 6.92 Å². The van der Waals surface area contributed by atoms with E-state index < -0.39 is 8.32 Å². The van der Waals surface area contributed by atoms with Gasteiger partial charge in [0, 0.05) is 0 Å². The van der Waals surface area contributed by atoms with Crippen molar-refractivity contribution < 1.29 is 14.0 Å². The van der Waals surface area contributed by atoms with Crippen LogP contribution in [0.1, 0.15) is 48.0 Å². The Hall–Kier alpha value is -0.353. The van der Waals surface area contributed by atoms with Gasteiger partial charge in [0.1, 0.15) is 0 Å². The maximum atomic E-state index is 11.8. The Morgan fingerprint density at radius 2 is 1.68 bits per heavy atom. The molecule has 114 valence electrons. The summed E-state index contributed by atoms with van der Waals surface area (Å²) in [5, 5.41) is 0.147. The molecule has 0 aliphatic rings. The van der Waals surface area contributed by atoms with Gasteiger partial charge < -0.3 is 9.16 Å². The lowest BCUT2D eigenvalue weighted by Gasteiger charge is -2.42. The average Bonchev–Trinajstić information content (AvgIpc) is 2.31. The van der Waals surface area contributed by atoms with E-state index in [2.05, 4.69) is 47.7 Å². The highest BCUT2D eigenvalue weighted by Gasteiger charge is 2.42. The second kappa shape index (κ2) is 6.89. The van der Waals surface area contributed by atoms with Crippen LogP contribution in [-0.4, -0.2) is 27.5 Å². The molecule has 0 saturated heterocycles. The van der Waals surface area contributed by atoms with Crippen LogP contribution in [0.5, 0.6) is 0 Å². The molecule has 0 unspecified atom stereocenters. The highest BCUT2D eigenvalue weighted by atomic mass is 28.4. The molecule has 0 aromatic rings. The topological polar surface area (TPSA) is 35.5 Å². The van der Waals surface area contributed by atoms with E-state index in [0.717, 1.165) is 6.42 Å². The predicted octanol–water partition coefficient (Wildman–Crippen LogP) is 4.23. The maximum absolute atomic E-state index is 11.8.